The average Bonchev–Trinajstić information content (AvgIpc) is 2.60. The van der Waals surface area contributed by atoms with Crippen molar-refractivity contribution >= 4 is 23.4 Å². The highest BCUT2D eigenvalue weighted by atomic mass is 35.5. The SMILES string of the molecule is CC(C)C[C@H](NC(=O)COc1ccc(Cl)cc1)C(=O)N1CCCCC1. The van der Waals surface area contributed by atoms with E-state index in [9.17, 15) is 9.59 Å². The van der Waals surface area contributed by atoms with Gasteiger partial charge in [-0.05, 0) is 55.9 Å². The van der Waals surface area contributed by atoms with Gasteiger partial charge in [0, 0.05) is 18.1 Å². The highest BCUT2D eigenvalue weighted by Crippen LogP contribution is 2.16. The number of piperidine rings is 1. The standard InChI is InChI=1S/C19H27ClN2O3/c1-14(2)12-17(19(24)22-10-4-3-5-11-22)21-18(23)13-25-16-8-6-15(20)7-9-16/h6-9,14,17H,3-5,10-13H2,1-2H3,(H,21,23)/t17-/m0/s1. The number of rotatable bonds is 7. The van der Waals surface area contributed by atoms with E-state index in [1.54, 1.807) is 24.3 Å². The van der Waals surface area contributed by atoms with Gasteiger partial charge in [-0.1, -0.05) is 25.4 Å². The van der Waals surface area contributed by atoms with Crippen LogP contribution in [-0.2, 0) is 9.59 Å². The Bertz CT molecular complexity index is 569. The summed E-state index contributed by atoms with van der Waals surface area (Å²) in [4.78, 5) is 26.8. The molecule has 0 unspecified atom stereocenters. The summed E-state index contributed by atoms with van der Waals surface area (Å²) >= 11 is 5.82. The van der Waals surface area contributed by atoms with Crippen LogP contribution < -0.4 is 10.1 Å². The van der Waals surface area contributed by atoms with Gasteiger partial charge in [0.25, 0.3) is 5.91 Å². The zero-order valence-corrected chi connectivity index (χ0v) is 15.7. The molecule has 138 valence electrons. The quantitative estimate of drug-likeness (QED) is 0.805. The Labute approximate surface area is 154 Å². The fourth-order valence-corrected chi connectivity index (χ4v) is 3.07. The molecule has 1 fully saturated rings. The van der Waals surface area contributed by atoms with Crippen LogP contribution in [0.4, 0.5) is 0 Å². The molecular formula is C19H27ClN2O3. The van der Waals surface area contributed by atoms with Gasteiger partial charge < -0.3 is 15.0 Å². The Balaban J connectivity index is 1.89. The van der Waals surface area contributed by atoms with Gasteiger partial charge in [0.05, 0.1) is 0 Å². The number of benzene rings is 1. The Morgan fingerprint density at radius 2 is 1.80 bits per heavy atom. The number of ether oxygens (including phenoxy) is 1. The molecular weight excluding hydrogens is 340 g/mol. The number of hydrogen-bond acceptors (Lipinski definition) is 3. The molecule has 1 aliphatic rings. The van der Waals surface area contributed by atoms with Crippen molar-refractivity contribution < 1.29 is 14.3 Å². The van der Waals surface area contributed by atoms with Crippen LogP contribution in [0, 0.1) is 5.92 Å². The lowest BCUT2D eigenvalue weighted by molar-refractivity contribution is -0.138. The normalized spacial score (nSPS) is 15.8. The van der Waals surface area contributed by atoms with Crippen molar-refractivity contribution in [3.63, 3.8) is 0 Å². The minimum Gasteiger partial charge on any atom is -0.484 e. The molecule has 25 heavy (non-hydrogen) atoms. The van der Waals surface area contributed by atoms with Crippen LogP contribution in [0.2, 0.25) is 5.02 Å². The number of carbonyl (C=O) groups is 2. The van der Waals surface area contributed by atoms with Gasteiger partial charge in [-0.15, -0.1) is 0 Å². The van der Waals surface area contributed by atoms with Crippen LogP contribution in [0.15, 0.2) is 24.3 Å². The first kappa shape index (κ1) is 19.6. The molecule has 1 heterocycles. The summed E-state index contributed by atoms with van der Waals surface area (Å²) in [7, 11) is 0. The smallest absolute Gasteiger partial charge is 0.258 e. The van der Waals surface area contributed by atoms with Crippen LogP contribution in [0.1, 0.15) is 39.5 Å². The van der Waals surface area contributed by atoms with Gasteiger partial charge in [-0.3, -0.25) is 9.59 Å². The zero-order chi connectivity index (χ0) is 18.2. The van der Waals surface area contributed by atoms with E-state index in [2.05, 4.69) is 5.32 Å². The molecule has 0 spiro atoms. The maximum absolute atomic E-state index is 12.7. The molecule has 1 aromatic rings. The third kappa shape index (κ3) is 6.58. The van der Waals surface area contributed by atoms with Gasteiger partial charge in [0.2, 0.25) is 5.91 Å². The molecule has 5 nitrogen and oxygen atoms in total. The zero-order valence-electron chi connectivity index (χ0n) is 15.0. The van der Waals surface area contributed by atoms with Crippen molar-refractivity contribution in [3.05, 3.63) is 29.3 Å². The summed E-state index contributed by atoms with van der Waals surface area (Å²) in [5.41, 5.74) is 0. The highest BCUT2D eigenvalue weighted by molar-refractivity contribution is 6.30. The molecule has 2 amide bonds. The van der Waals surface area contributed by atoms with E-state index in [0.29, 0.717) is 23.1 Å². The fraction of sp³-hybridized carbons (Fsp3) is 0.579. The van der Waals surface area contributed by atoms with Gasteiger partial charge in [-0.2, -0.15) is 0 Å². The van der Waals surface area contributed by atoms with Crippen LogP contribution in [-0.4, -0.2) is 42.5 Å². The predicted octanol–water partition coefficient (Wildman–Crippen LogP) is 3.26. The minimum atomic E-state index is -0.487. The Kier molecular flexibility index (Phi) is 7.56. The van der Waals surface area contributed by atoms with E-state index < -0.39 is 6.04 Å². The van der Waals surface area contributed by atoms with Crippen molar-refractivity contribution in [3.8, 4) is 5.75 Å². The van der Waals surface area contributed by atoms with Crippen LogP contribution in [0.3, 0.4) is 0 Å². The van der Waals surface area contributed by atoms with Gasteiger partial charge in [0.15, 0.2) is 6.61 Å². The summed E-state index contributed by atoms with van der Waals surface area (Å²) < 4.78 is 5.46. The molecule has 0 aliphatic carbocycles. The first-order valence-corrected chi connectivity index (χ1v) is 9.30. The summed E-state index contributed by atoms with van der Waals surface area (Å²) in [6.45, 7) is 5.54. The lowest BCUT2D eigenvalue weighted by Gasteiger charge is -2.31. The predicted molar refractivity (Wildman–Crippen MR) is 98.8 cm³/mol. The number of nitrogens with one attached hydrogen (secondary N) is 1. The molecule has 1 saturated heterocycles. The number of halogens is 1. The van der Waals surface area contributed by atoms with Gasteiger partial charge in [0.1, 0.15) is 11.8 Å². The fourth-order valence-electron chi connectivity index (χ4n) is 2.94. The molecule has 0 aromatic heterocycles. The number of carbonyl (C=O) groups excluding carboxylic acids is 2. The maximum atomic E-state index is 12.7. The molecule has 1 N–H and O–H groups in total. The molecule has 0 radical (unpaired) electrons. The Hall–Kier alpha value is -1.75. The molecule has 0 saturated carbocycles. The largest absolute Gasteiger partial charge is 0.484 e. The van der Waals surface area contributed by atoms with E-state index in [1.807, 2.05) is 18.7 Å². The van der Waals surface area contributed by atoms with E-state index in [1.165, 1.54) is 6.42 Å². The number of amides is 2. The summed E-state index contributed by atoms with van der Waals surface area (Å²) in [6.07, 6.45) is 3.86. The van der Waals surface area contributed by atoms with Gasteiger partial charge in [-0.25, -0.2) is 0 Å². The molecule has 1 aromatic carbocycles. The Morgan fingerprint density at radius 3 is 2.40 bits per heavy atom. The first-order chi connectivity index (χ1) is 12.0. The molecule has 1 aliphatic heterocycles. The summed E-state index contributed by atoms with van der Waals surface area (Å²) in [5, 5.41) is 3.46. The van der Waals surface area contributed by atoms with Crippen molar-refractivity contribution in [1.29, 1.82) is 0 Å². The second kappa shape index (κ2) is 9.66. The molecule has 6 heteroatoms. The summed E-state index contributed by atoms with van der Waals surface area (Å²) in [6, 6.07) is 6.34. The molecule has 2 rings (SSSR count). The van der Waals surface area contributed by atoms with E-state index >= 15 is 0 Å². The second-order valence-electron chi connectivity index (χ2n) is 6.88. The lowest BCUT2D eigenvalue weighted by Crippen LogP contribution is -2.51. The third-order valence-electron chi connectivity index (χ3n) is 4.19. The number of nitrogens with zero attached hydrogens (tertiary/aromatic N) is 1. The van der Waals surface area contributed by atoms with E-state index in [-0.39, 0.29) is 18.4 Å². The van der Waals surface area contributed by atoms with E-state index in [4.69, 9.17) is 16.3 Å². The van der Waals surface area contributed by atoms with Crippen molar-refractivity contribution in [2.75, 3.05) is 19.7 Å². The monoisotopic (exact) mass is 366 g/mol. The summed E-state index contributed by atoms with van der Waals surface area (Å²) in [5.74, 6) is 0.623. The van der Waals surface area contributed by atoms with Crippen molar-refractivity contribution in [2.45, 2.75) is 45.6 Å². The maximum Gasteiger partial charge on any atom is 0.258 e. The third-order valence-corrected chi connectivity index (χ3v) is 4.44. The van der Waals surface area contributed by atoms with E-state index in [0.717, 1.165) is 25.9 Å². The Morgan fingerprint density at radius 1 is 1.16 bits per heavy atom. The highest BCUT2D eigenvalue weighted by Gasteiger charge is 2.27. The second-order valence-corrected chi connectivity index (χ2v) is 7.31. The van der Waals surface area contributed by atoms with Gasteiger partial charge >= 0.3 is 0 Å². The minimum absolute atomic E-state index is 0.0215. The average molecular weight is 367 g/mol. The topological polar surface area (TPSA) is 58.6 Å². The van der Waals surface area contributed by atoms with Crippen molar-refractivity contribution in [1.82, 2.24) is 10.2 Å². The van der Waals surface area contributed by atoms with Crippen LogP contribution in [0.25, 0.3) is 0 Å². The van der Waals surface area contributed by atoms with Crippen LogP contribution >= 0.6 is 11.6 Å². The first-order valence-electron chi connectivity index (χ1n) is 8.92. The molecule has 1 atom stereocenters. The number of likely N-dealkylation sites (tertiary alicyclic amines) is 1. The molecule has 0 bridgehead atoms. The van der Waals surface area contributed by atoms with Crippen LogP contribution in [0.5, 0.6) is 5.75 Å². The lowest BCUT2D eigenvalue weighted by atomic mass is 10.0. The number of hydrogen-bond donors (Lipinski definition) is 1. The van der Waals surface area contributed by atoms with Crippen molar-refractivity contribution in [2.24, 2.45) is 5.92 Å².